The van der Waals surface area contributed by atoms with Crippen LogP contribution in [0.2, 0.25) is 0 Å². The van der Waals surface area contributed by atoms with Crippen molar-refractivity contribution < 1.29 is 8.83 Å². The minimum atomic E-state index is 0.567. The van der Waals surface area contributed by atoms with Gasteiger partial charge in [-0.25, -0.2) is 19.9 Å². The van der Waals surface area contributed by atoms with Crippen molar-refractivity contribution in [3.63, 3.8) is 0 Å². The smallest absolute Gasteiger partial charge is 0.164 e. The third-order valence-electron chi connectivity index (χ3n) is 8.60. The van der Waals surface area contributed by atoms with Gasteiger partial charge in [-0.1, -0.05) is 97.1 Å². The van der Waals surface area contributed by atoms with Crippen LogP contribution >= 0.6 is 11.3 Å². The molecule has 6 nitrogen and oxygen atoms in total. The summed E-state index contributed by atoms with van der Waals surface area (Å²) in [7, 11) is 0. The SMILES string of the molecule is c1ccc(-c2nc(-c3cccc4oc5ccccc5c34)nc(-c3cccc4oc5c(-c6nc7ccccc7s6)cccc5c34)n2)cc1. The third-order valence-corrected chi connectivity index (χ3v) is 9.67. The molecular formula is C40H22N4O2S. The maximum Gasteiger partial charge on any atom is 0.164 e. The van der Waals surface area contributed by atoms with Crippen molar-refractivity contribution in [2.75, 3.05) is 0 Å². The molecule has 0 saturated heterocycles. The lowest BCUT2D eigenvalue weighted by molar-refractivity contribution is 0.669. The fourth-order valence-electron chi connectivity index (χ4n) is 6.48. The zero-order chi connectivity index (χ0) is 30.9. The van der Waals surface area contributed by atoms with Crippen LogP contribution < -0.4 is 0 Å². The highest BCUT2D eigenvalue weighted by Crippen LogP contribution is 2.42. The van der Waals surface area contributed by atoms with Gasteiger partial charge in [-0.3, -0.25) is 0 Å². The van der Waals surface area contributed by atoms with Gasteiger partial charge in [-0.15, -0.1) is 11.3 Å². The Kier molecular flexibility index (Phi) is 5.64. The number of fused-ring (bicyclic) bond motifs is 7. The third kappa shape index (κ3) is 4.10. The summed E-state index contributed by atoms with van der Waals surface area (Å²) in [6, 6.07) is 44.6. The molecule has 4 aromatic heterocycles. The van der Waals surface area contributed by atoms with Crippen molar-refractivity contribution >= 4 is 65.4 Å². The van der Waals surface area contributed by atoms with Crippen LogP contribution in [-0.4, -0.2) is 19.9 Å². The van der Waals surface area contributed by atoms with E-state index in [1.54, 1.807) is 11.3 Å². The summed E-state index contributed by atoms with van der Waals surface area (Å²) in [6.07, 6.45) is 0. The van der Waals surface area contributed by atoms with Crippen molar-refractivity contribution in [1.29, 1.82) is 0 Å². The van der Waals surface area contributed by atoms with Gasteiger partial charge in [0.25, 0.3) is 0 Å². The first-order chi connectivity index (χ1) is 23.3. The molecular weight excluding hydrogens is 601 g/mol. The number of nitrogens with zero attached hydrogens (tertiary/aromatic N) is 4. The van der Waals surface area contributed by atoms with Gasteiger partial charge in [0, 0.05) is 38.2 Å². The van der Waals surface area contributed by atoms with E-state index in [1.165, 1.54) is 0 Å². The van der Waals surface area contributed by atoms with Crippen molar-refractivity contribution in [1.82, 2.24) is 19.9 Å². The Bertz CT molecular complexity index is 2780. The van der Waals surface area contributed by atoms with E-state index in [9.17, 15) is 0 Å². The lowest BCUT2D eigenvalue weighted by atomic mass is 10.0. The summed E-state index contributed by atoms with van der Waals surface area (Å²) in [5.41, 5.74) is 7.77. The Labute approximate surface area is 271 Å². The fourth-order valence-corrected chi connectivity index (χ4v) is 7.47. The van der Waals surface area contributed by atoms with E-state index in [4.69, 9.17) is 28.8 Å². The molecule has 10 rings (SSSR count). The van der Waals surface area contributed by atoms with Crippen molar-refractivity contribution in [3.05, 3.63) is 133 Å². The van der Waals surface area contributed by atoms with E-state index in [-0.39, 0.29) is 0 Å². The van der Waals surface area contributed by atoms with Crippen LogP contribution in [0.25, 0.3) is 98.8 Å². The molecule has 0 N–H and O–H groups in total. The second kappa shape index (κ2) is 10.2. The van der Waals surface area contributed by atoms with Crippen LogP contribution in [0.3, 0.4) is 0 Å². The second-order valence-electron chi connectivity index (χ2n) is 11.4. The highest BCUT2D eigenvalue weighted by atomic mass is 32.1. The molecule has 47 heavy (non-hydrogen) atoms. The predicted molar refractivity (Wildman–Crippen MR) is 189 cm³/mol. The summed E-state index contributed by atoms with van der Waals surface area (Å²) in [5.74, 6) is 1.73. The van der Waals surface area contributed by atoms with Crippen LogP contribution in [0.1, 0.15) is 0 Å². The Morgan fingerprint density at radius 1 is 0.426 bits per heavy atom. The average Bonchev–Trinajstić information content (AvgIpc) is 3.85. The lowest BCUT2D eigenvalue weighted by Gasteiger charge is -2.10. The molecule has 0 saturated carbocycles. The monoisotopic (exact) mass is 622 g/mol. The van der Waals surface area contributed by atoms with Crippen LogP contribution in [0, 0.1) is 0 Å². The number of para-hydroxylation sites is 3. The largest absolute Gasteiger partial charge is 0.456 e. The Balaban J connectivity index is 1.23. The number of furan rings is 2. The molecule has 0 aliphatic heterocycles. The summed E-state index contributed by atoms with van der Waals surface area (Å²) >= 11 is 1.67. The number of hydrogen-bond acceptors (Lipinski definition) is 7. The summed E-state index contributed by atoms with van der Waals surface area (Å²) in [5, 5.41) is 4.86. The molecule has 0 unspecified atom stereocenters. The molecule has 220 valence electrons. The van der Waals surface area contributed by atoms with Crippen molar-refractivity contribution in [3.8, 4) is 44.7 Å². The fraction of sp³-hybridized carbons (Fsp3) is 0. The first-order valence-electron chi connectivity index (χ1n) is 15.3. The molecule has 10 aromatic rings. The Hall–Kier alpha value is -6.18. The van der Waals surface area contributed by atoms with E-state index in [0.717, 1.165) is 81.4 Å². The zero-order valence-corrected chi connectivity index (χ0v) is 25.5. The van der Waals surface area contributed by atoms with E-state index in [0.29, 0.717) is 17.5 Å². The molecule has 7 heteroatoms. The van der Waals surface area contributed by atoms with Gasteiger partial charge >= 0.3 is 0 Å². The molecule has 6 aromatic carbocycles. The molecule has 0 atom stereocenters. The molecule has 0 aliphatic carbocycles. The maximum absolute atomic E-state index is 6.60. The molecule has 0 bridgehead atoms. The molecule has 0 radical (unpaired) electrons. The number of hydrogen-bond donors (Lipinski definition) is 0. The van der Waals surface area contributed by atoms with E-state index >= 15 is 0 Å². The normalized spacial score (nSPS) is 11.8. The average molecular weight is 623 g/mol. The van der Waals surface area contributed by atoms with Crippen LogP contribution in [0.15, 0.2) is 142 Å². The minimum absolute atomic E-state index is 0.567. The molecule has 4 heterocycles. The standard InChI is InChI=1S/C40H22N4O2S/c1-2-11-23(12-3-1)37-42-38(26-15-9-20-31-34(26)24-13-4-6-19-30(24)45-31)44-39(43-37)27-16-10-21-32-35(27)25-14-8-17-28(36(25)46-32)40-41-29-18-5-7-22-33(29)47-40/h1-22H. The van der Waals surface area contributed by atoms with Crippen LogP contribution in [-0.2, 0) is 0 Å². The first-order valence-corrected chi connectivity index (χ1v) is 16.1. The van der Waals surface area contributed by atoms with Gasteiger partial charge in [0.2, 0.25) is 0 Å². The van der Waals surface area contributed by atoms with Gasteiger partial charge in [-0.05, 0) is 36.4 Å². The highest BCUT2D eigenvalue weighted by Gasteiger charge is 2.22. The molecule has 0 fully saturated rings. The molecule has 0 spiro atoms. The minimum Gasteiger partial charge on any atom is -0.456 e. The van der Waals surface area contributed by atoms with Crippen LogP contribution in [0.5, 0.6) is 0 Å². The number of benzene rings is 6. The van der Waals surface area contributed by atoms with E-state index < -0.39 is 0 Å². The number of aromatic nitrogens is 4. The van der Waals surface area contributed by atoms with Gasteiger partial charge in [-0.2, -0.15) is 0 Å². The first kappa shape index (κ1) is 26.1. The van der Waals surface area contributed by atoms with Gasteiger partial charge < -0.3 is 8.83 Å². The molecule has 0 aliphatic rings. The lowest BCUT2D eigenvalue weighted by Crippen LogP contribution is -2.00. The second-order valence-corrected chi connectivity index (χ2v) is 12.4. The molecule has 0 amide bonds. The van der Waals surface area contributed by atoms with Gasteiger partial charge in [0.1, 0.15) is 27.3 Å². The van der Waals surface area contributed by atoms with Crippen LogP contribution in [0.4, 0.5) is 0 Å². The zero-order valence-electron chi connectivity index (χ0n) is 24.7. The Morgan fingerprint density at radius 2 is 1.02 bits per heavy atom. The van der Waals surface area contributed by atoms with Crippen molar-refractivity contribution in [2.45, 2.75) is 0 Å². The summed E-state index contributed by atoms with van der Waals surface area (Å²) < 4.78 is 14.0. The van der Waals surface area contributed by atoms with Crippen molar-refractivity contribution in [2.24, 2.45) is 0 Å². The quantitative estimate of drug-likeness (QED) is 0.194. The number of rotatable bonds is 4. The summed E-state index contributed by atoms with van der Waals surface area (Å²) in [4.78, 5) is 20.2. The highest BCUT2D eigenvalue weighted by molar-refractivity contribution is 7.21. The predicted octanol–water partition coefficient (Wildman–Crippen LogP) is 10.9. The van der Waals surface area contributed by atoms with E-state index in [2.05, 4.69) is 42.5 Å². The van der Waals surface area contributed by atoms with E-state index in [1.807, 2.05) is 91.0 Å². The topological polar surface area (TPSA) is 77.8 Å². The van der Waals surface area contributed by atoms with Gasteiger partial charge in [0.15, 0.2) is 17.5 Å². The summed E-state index contributed by atoms with van der Waals surface area (Å²) in [6.45, 7) is 0. The Morgan fingerprint density at radius 3 is 1.83 bits per heavy atom. The maximum atomic E-state index is 6.60. The number of thiazole rings is 1. The van der Waals surface area contributed by atoms with Gasteiger partial charge in [0.05, 0.1) is 15.8 Å².